The molecule has 4 heteroatoms. The lowest BCUT2D eigenvalue weighted by molar-refractivity contribution is 0.868. The first-order valence-corrected chi connectivity index (χ1v) is 13.2. The fourth-order valence-electron chi connectivity index (χ4n) is 5.95. The Balaban J connectivity index is 1.46. The van der Waals surface area contributed by atoms with Crippen molar-refractivity contribution in [3.63, 3.8) is 0 Å². The molecular weight excluding hydrogens is 476 g/mol. The summed E-state index contributed by atoms with van der Waals surface area (Å²) < 4.78 is 4.78. The van der Waals surface area contributed by atoms with E-state index in [1.54, 1.807) is 0 Å². The van der Waals surface area contributed by atoms with Crippen molar-refractivity contribution in [2.75, 3.05) is 0 Å². The maximum atomic E-state index is 5.03. The molecule has 4 nitrogen and oxygen atoms in total. The van der Waals surface area contributed by atoms with E-state index in [2.05, 4.69) is 124 Å². The van der Waals surface area contributed by atoms with Gasteiger partial charge in [0.15, 0.2) is 0 Å². The molecule has 0 atom stereocenters. The molecular formula is C35H24N4. The molecule has 0 saturated carbocycles. The number of pyridine rings is 2. The van der Waals surface area contributed by atoms with Crippen LogP contribution in [0.1, 0.15) is 5.56 Å². The lowest BCUT2D eigenvalue weighted by Crippen LogP contribution is -2.02. The molecule has 0 amide bonds. The number of rotatable bonds is 4. The fraction of sp³-hybridized carbons (Fsp3) is 0.0286. The molecule has 0 N–H and O–H groups in total. The van der Waals surface area contributed by atoms with E-state index in [0.717, 1.165) is 38.7 Å². The van der Waals surface area contributed by atoms with E-state index in [1.165, 1.54) is 27.6 Å². The minimum absolute atomic E-state index is 0.712. The topological polar surface area (TPSA) is 35.6 Å². The molecule has 0 aliphatic heterocycles. The van der Waals surface area contributed by atoms with Crippen molar-refractivity contribution < 1.29 is 0 Å². The molecule has 0 fully saturated rings. The number of para-hydroxylation sites is 2. The fourth-order valence-corrected chi connectivity index (χ4v) is 5.95. The Morgan fingerprint density at radius 2 is 1.28 bits per heavy atom. The summed E-state index contributed by atoms with van der Waals surface area (Å²) in [6.07, 6.45) is 3.88. The van der Waals surface area contributed by atoms with Crippen LogP contribution in [-0.4, -0.2) is 19.1 Å². The Morgan fingerprint density at radius 3 is 2.15 bits per heavy atom. The first-order valence-electron chi connectivity index (χ1n) is 13.2. The van der Waals surface area contributed by atoms with E-state index < -0.39 is 0 Å². The highest BCUT2D eigenvalue weighted by atomic mass is 15.1. The average molecular weight is 501 g/mol. The van der Waals surface area contributed by atoms with Gasteiger partial charge in [-0.15, -0.1) is 0 Å². The van der Waals surface area contributed by atoms with Crippen molar-refractivity contribution in [2.24, 2.45) is 0 Å². The highest BCUT2D eigenvalue weighted by Gasteiger charge is 2.21. The lowest BCUT2D eigenvalue weighted by atomic mass is 10.0. The van der Waals surface area contributed by atoms with E-state index in [0.29, 0.717) is 6.54 Å². The van der Waals surface area contributed by atoms with E-state index in [1.807, 2.05) is 18.5 Å². The van der Waals surface area contributed by atoms with Gasteiger partial charge in [-0.1, -0.05) is 84.9 Å². The molecule has 0 saturated heterocycles. The lowest BCUT2D eigenvalue weighted by Gasteiger charge is -2.13. The maximum absolute atomic E-state index is 5.03. The Labute approximate surface area is 225 Å². The predicted molar refractivity (Wildman–Crippen MR) is 160 cm³/mol. The van der Waals surface area contributed by atoms with Crippen LogP contribution in [0.2, 0.25) is 0 Å². The summed E-state index contributed by atoms with van der Waals surface area (Å²) >= 11 is 0. The first kappa shape index (κ1) is 21.8. The van der Waals surface area contributed by atoms with Crippen LogP contribution < -0.4 is 0 Å². The van der Waals surface area contributed by atoms with Crippen molar-refractivity contribution in [3.05, 3.63) is 139 Å². The second-order valence-electron chi connectivity index (χ2n) is 9.93. The van der Waals surface area contributed by atoms with Gasteiger partial charge in [0.2, 0.25) is 0 Å². The molecule has 4 heterocycles. The normalized spacial score (nSPS) is 11.7. The van der Waals surface area contributed by atoms with Crippen molar-refractivity contribution in [1.29, 1.82) is 0 Å². The van der Waals surface area contributed by atoms with Crippen LogP contribution in [0.3, 0.4) is 0 Å². The third-order valence-electron chi connectivity index (χ3n) is 7.65. The van der Waals surface area contributed by atoms with Crippen molar-refractivity contribution in [3.8, 4) is 16.8 Å². The highest BCUT2D eigenvalue weighted by molar-refractivity contribution is 6.20. The summed E-state index contributed by atoms with van der Waals surface area (Å²) in [6, 6.07) is 42.8. The number of fused-ring (bicyclic) bond motifs is 7. The summed E-state index contributed by atoms with van der Waals surface area (Å²) in [6.45, 7) is 0.712. The standard InChI is InChI=1S/C35H24N4/c1-3-12-25(13-4-1)26-14-9-11-24(21-26)23-38-31-19-10-20-36-32(31)33-35(38)34-29(22-37-33)28-17-7-8-18-30(28)39(34)27-15-5-2-6-16-27/h1-22H,23H2. The quantitative estimate of drug-likeness (QED) is 0.243. The molecule has 4 aromatic carbocycles. The summed E-state index contributed by atoms with van der Waals surface area (Å²) in [5, 5.41) is 2.34. The molecule has 0 bridgehead atoms. The summed E-state index contributed by atoms with van der Waals surface area (Å²) in [7, 11) is 0. The zero-order valence-electron chi connectivity index (χ0n) is 21.2. The van der Waals surface area contributed by atoms with Gasteiger partial charge in [-0.3, -0.25) is 9.97 Å². The van der Waals surface area contributed by atoms with E-state index in [-0.39, 0.29) is 0 Å². The van der Waals surface area contributed by atoms with Crippen molar-refractivity contribution >= 4 is 43.9 Å². The van der Waals surface area contributed by atoms with Gasteiger partial charge < -0.3 is 9.13 Å². The summed E-state index contributed by atoms with van der Waals surface area (Å²) in [4.78, 5) is 9.83. The van der Waals surface area contributed by atoms with Crippen molar-refractivity contribution in [2.45, 2.75) is 6.54 Å². The number of aromatic nitrogens is 4. The molecule has 0 radical (unpaired) electrons. The minimum Gasteiger partial charge on any atom is -0.332 e. The monoisotopic (exact) mass is 500 g/mol. The van der Waals surface area contributed by atoms with Gasteiger partial charge in [0, 0.05) is 35.4 Å². The van der Waals surface area contributed by atoms with Gasteiger partial charge in [-0.2, -0.15) is 0 Å². The second-order valence-corrected chi connectivity index (χ2v) is 9.93. The van der Waals surface area contributed by atoms with Gasteiger partial charge in [0.1, 0.15) is 11.0 Å². The molecule has 39 heavy (non-hydrogen) atoms. The van der Waals surface area contributed by atoms with E-state index >= 15 is 0 Å². The number of hydrogen-bond acceptors (Lipinski definition) is 2. The molecule has 0 aliphatic carbocycles. The smallest absolute Gasteiger partial charge is 0.117 e. The molecule has 0 aliphatic rings. The summed E-state index contributed by atoms with van der Waals surface area (Å²) in [5.74, 6) is 0. The highest BCUT2D eigenvalue weighted by Crippen LogP contribution is 2.39. The van der Waals surface area contributed by atoms with Gasteiger partial charge in [0.05, 0.1) is 22.1 Å². The van der Waals surface area contributed by atoms with Gasteiger partial charge in [0.25, 0.3) is 0 Å². The van der Waals surface area contributed by atoms with Gasteiger partial charge in [-0.25, -0.2) is 0 Å². The van der Waals surface area contributed by atoms with E-state index in [9.17, 15) is 0 Å². The van der Waals surface area contributed by atoms with Gasteiger partial charge in [-0.05, 0) is 53.1 Å². The number of benzene rings is 4. The zero-order chi connectivity index (χ0) is 25.8. The third kappa shape index (κ3) is 3.39. The Morgan fingerprint density at radius 1 is 0.538 bits per heavy atom. The Kier molecular flexibility index (Phi) is 4.85. The van der Waals surface area contributed by atoms with Gasteiger partial charge >= 0.3 is 0 Å². The molecule has 184 valence electrons. The number of hydrogen-bond donors (Lipinski definition) is 0. The largest absolute Gasteiger partial charge is 0.332 e. The Hall–Kier alpha value is -5.22. The zero-order valence-corrected chi connectivity index (χ0v) is 21.2. The molecule has 0 unspecified atom stereocenters. The number of nitrogens with zero attached hydrogens (tertiary/aromatic N) is 4. The molecule has 0 spiro atoms. The van der Waals surface area contributed by atoms with E-state index in [4.69, 9.17) is 9.97 Å². The minimum atomic E-state index is 0.712. The molecule has 8 rings (SSSR count). The first-order chi connectivity index (χ1) is 19.4. The predicted octanol–water partition coefficient (Wildman–Crippen LogP) is 8.40. The van der Waals surface area contributed by atoms with Crippen LogP contribution >= 0.6 is 0 Å². The third-order valence-corrected chi connectivity index (χ3v) is 7.65. The van der Waals surface area contributed by atoms with Crippen LogP contribution in [-0.2, 0) is 6.54 Å². The SMILES string of the molecule is c1ccc(-c2cccc(Cn3c4cccnc4c4ncc5c6ccccc6n(-c6ccccc6)c5c43)c2)cc1. The van der Waals surface area contributed by atoms with Crippen LogP contribution in [0.4, 0.5) is 0 Å². The van der Waals surface area contributed by atoms with Crippen molar-refractivity contribution in [1.82, 2.24) is 19.1 Å². The Bertz CT molecular complexity index is 2140. The van der Waals surface area contributed by atoms with Crippen LogP contribution in [0.5, 0.6) is 0 Å². The summed E-state index contributed by atoms with van der Waals surface area (Å²) in [5.41, 5.74) is 11.2. The molecule has 4 aromatic heterocycles. The average Bonchev–Trinajstić information content (AvgIpc) is 3.51. The van der Waals surface area contributed by atoms with Crippen LogP contribution in [0, 0.1) is 0 Å². The second kappa shape index (κ2) is 8.67. The van der Waals surface area contributed by atoms with Crippen LogP contribution in [0.15, 0.2) is 134 Å². The maximum Gasteiger partial charge on any atom is 0.117 e. The van der Waals surface area contributed by atoms with Crippen LogP contribution in [0.25, 0.3) is 60.7 Å². The molecule has 8 aromatic rings.